The number of hydrogen-bond acceptors (Lipinski definition) is 9. The van der Waals surface area contributed by atoms with E-state index in [-0.39, 0.29) is 42.8 Å². The van der Waals surface area contributed by atoms with Crippen molar-refractivity contribution in [3.63, 3.8) is 0 Å². The second-order valence-electron chi connectivity index (χ2n) is 6.85. The number of ether oxygens (including phenoxy) is 3. The Hall–Kier alpha value is -3.64. The van der Waals surface area contributed by atoms with Crippen molar-refractivity contribution in [3.05, 3.63) is 62.5 Å². The Bertz CT molecular complexity index is 1200. The predicted octanol–water partition coefficient (Wildman–Crippen LogP) is 2.96. The fraction of sp³-hybridized carbons (Fsp3) is 0.190. The number of nitro benzene ring substituents is 1. The molecule has 4 rings (SSSR count). The summed E-state index contributed by atoms with van der Waals surface area (Å²) >= 11 is 6.49. The zero-order valence-electron chi connectivity index (χ0n) is 17.2. The number of nitrogens with one attached hydrogen (secondary N) is 1. The highest BCUT2D eigenvalue weighted by Gasteiger charge is 2.32. The lowest BCUT2D eigenvalue weighted by Gasteiger charge is -2.15. The quantitative estimate of drug-likeness (QED) is 0.272. The van der Waals surface area contributed by atoms with E-state index in [1.165, 1.54) is 35.9 Å². The third kappa shape index (κ3) is 4.76. The van der Waals surface area contributed by atoms with Gasteiger partial charge in [-0.1, -0.05) is 30.0 Å². The number of nitrogens with zero attached hydrogens (tertiary/aromatic N) is 2. The molecule has 2 aliphatic rings. The number of carbonyl (C=O) groups excluding carboxylic acids is 2. The largest absolute Gasteiger partial charge is 0.490 e. The van der Waals surface area contributed by atoms with Crippen LogP contribution >= 0.6 is 24.0 Å². The van der Waals surface area contributed by atoms with E-state index >= 15 is 0 Å². The highest BCUT2D eigenvalue weighted by molar-refractivity contribution is 8.26. The lowest BCUT2D eigenvalue weighted by molar-refractivity contribution is -0.385. The lowest BCUT2D eigenvalue weighted by atomic mass is 10.1. The first-order valence-electron chi connectivity index (χ1n) is 9.63. The van der Waals surface area contributed by atoms with Crippen molar-refractivity contribution in [1.29, 1.82) is 0 Å². The third-order valence-corrected chi connectivity index (χ3v) is 6.20. The number of amides is 2. The Morgan fingerprint density at radius 2 is 2.09 bits per heavy atom. The van der Waals surface area contributed by atoms with Gasteiger partial charge in [-0.15, -0.1) is 0 Å². The fourth-order valence-corrected chi connectivity index (χ4v) is 4.51. The van der Waals surface area contributed by atoms with Crippen molar-refractivity contribution in [2.24, 2.45) is 0 Å². The van der Waals surface area contributed by atoms with Gasteiger partial charge in [-0.05, 0) is 35.9 Å². The van der Waals surface area contributed by atoms with Gasteiger partial charge in [0, 0.05) is 24.7 Å². The van der Waals surface area contributed by atoms with Crippen molar-refractivity contribution in [2.45, 2.75) is 0 Å². The van der Waals surface area contributed by atoms with Crippen LogP contribution in [0.4, 0.5) is 5.69 Å². The van der Waals surface area contributed by atoms with Crippen LogP contribution in [-0.4, -0.2) is 53.0 Å². The first kappa shape index (κ1) is 22.6. The van der Waals surface area contributed by atoms with E-state index in [1.54, 1.807) is 18.2 Å². The zero-order valence-corrected chi connectivity index (χ0v) is 18.9. The summed E-state index contributed by atoms with van der Waals surface area (Å²) in [4.78, 5) is 37.6. The van der Waals surface area contributed by atoms with E-state index in [2.05, 4.69) is 5.32 Å². The summed E-state index contributed by atoms with van der Waals surface area (Å²) < 4.78 is 16.0. The van der Waals surface area contributed by atoms with E-state index in [0.717, 1.165) is 11.6 Å². The first-order chi connectivity index (χ1) is 15.9. The maximum atomic E-state index is 12.8. The van der Waals surface area contributed by atoms with Crippen molar-refractivity contribution >= 4 is 51.9 Å². The van der Waals surface area contributed by atoms with E-state index in [1.807, 2.05) is 6.07 Å². The molecule has 0 unspecified atom stereocenters. The second kappa shape index (κ2) is 9.46. The first-order valence-corrected chi connectivity index (χ1v) is 10.9. The van der Waals surface area contributed by atoms with Gasteiger partial charge in [0.2, 0.25) is 6.79 Å². The number of carbonyl (C=O) groups is 2. The van der Waals surface area contributed by atoms with Gasteiger partial charge in [0.15, 0.2) is 17.2 Å². The molecule has 2 aromatic carbocycles. The molecule has 0 bridgehead atoms. The smallest absolute Gasteiger partial charge is 0.311 e. The van der Waals surface area contributed by atoms with Crippen LogP contribution in [-0.2, 0) is 4.79 Å². The molecule has 2 aromatic rings. The SMILES string of the molecule is COc1ccc(C(=O)NCCN2C(=O)/C(=C\c3ccc4c(c3)OCO4)SC2=S)cc1[N+](=O)[O-]. The fourth-order valence-electron chi connectivity index (χ4n) is 3.20. The highest BCUT2D eigenvalue weighted by Crippen LogP contribution is 2.36. The number of nitro groups is 1. The molecular weight excluding hydrogens is 470 g/mol. The van der Waals surface area contributed by atoms with E-state index in [4.69, 9.17) is 26.4 Å². The zero-order chi connectivity index (χ0) is 23.5. The molecule has 2 aliphatic heterocycles. The monoisotopic (exact) mass is 487 g/mol. The molecular formula is C21H17N3O7S2. The summed E-state index contributed by atoms with van der Waals surface area (Å²) in [5.74, 6) is 0.542. The molecule has 0 atom stereocenters. The van der Waals surface area contributed by atoms with Gasteiger partial charge < -0.3 is 19.5 Å². The summed E-state index contributed by atoms with van der Waals surface area (Å²) in [6, 6.07) is 9.29. The molecule has 0 aliphatic carbocycles. The van der Waals surface area contributed by atoms with Crippen molar-refractivity contribution in [1.82, 2.24) is 10.2 Å². The maximum absolute atomic E-state index is 12.8. The van der Waals surface area contributed by atoms with Gasteiger partial charge >= 0.3 is 5.69 Å². The number of fused-ring (bicyclic) bond motifs is 1. The lowest BCUT2D eigenvalue weighted by Crippen LogP contribution is -2.37. The van der Waals surface area contributed by atoms with E-state index in [0.29, 0.717) is 20.7 Å². The molecule has 0 radical (unpaired) electrons. The third-order valence-electron chi connectivity index (χ3n) is 4.83. The summed E-state index contributed by atoms with van der Waals surface area (Å²) in [7, 11) is 1.31. The number of hydrogen-bond donors (Lipinski definition) is 1. The number of methoxy groups -OCH3 is 1. The average Bonchev–Trinajstić information content (AvgIpc) is 3.37. The van der Waals surface area contributed by atoms with E-state index < -0.39 is 10.8 Å². The molecule has 0 saturated carbocycles. The Morgan fingerprint density at radius 1 is 1.30 bits per heavy atom. The summed E-state index contributed by atoms with van der Waals surface area (Å²) in [5, 5.41) is 13.8. The van der Waals surface area contributed by atoms with Crippen LogP contribution in [0.1, 0.15) is 15.9 Å². The van der Waals surface area contributed by atoms with Crippen LogP contribution < -0.4 is 19.5 Å². The van der Waals surface area contributed by atoms with Crippen LogP contribution in [0.3, 0.4) is 0 Å². The van der Waals surface area contributed by atoms with Gasteiger partial charge in [0.1, 0.15) is 4.32 Å². The number of thioether (sulfide) groups is 1. The van der Waals surface area contributed by atoms with Crippen molar-refractivity contribution < 1.29 is 28.7 Å². The van der Waals surface area contributed by atoms with Crippen LogP contribution in [0, 0.1) is 10.1 Å². The Morgan fingerprint density at radius 3 is 2.85 bits per heavy atom. The van der Waals surface area contributed by atoms with Crippen LogP contribution in [0.2, 0.25) is 0 Å². The molecule has 1 fully saturated rings. The van der Waals surface area contributed by atoms with Gasteiger partial charge in [-0.3, -0.25) is 24.6 Å². The molecule has 0 aromatic heterocycles. The molecule has 33 heavy (non-hydrogen) atoms. The Labute approximate surface area is 197 Å². The number of thiocarbonyl (C=S) groups is 1. The summed E-state index contributed by atoms with van der Waals surface area (Å²) in [6.07, 6.45) is 1.72. The minimum atomic E-state index is -0.623. The summed E-state index contributed by atoms with van der Waals surface area (Å²) in [5.41, 5.74) is 0.570. The van der Waals surface area contributed by atoms with Crippen molar-refractivity contribution in [2.75, 3.05) is 27.0 Å². The normalized spacial score (nSPS) is 15.8. The minimum Gasteiger partial charge on any atom is -0.490 e. The highest BCUT2D eigenvalue weighted by atomic mass is 32.2. The molecule has 1 N–H and O–H groups in total. The second-order valence-corrected chi connectivity index (χ2v) is 8.52. The molecule has 12 heteroatoms. The van der Waals surface area contributed by atoms with Gasteiger partial charge in [0.25, 0.3) is 11.8 Å². The maximum Gasteiger partial charge on any atom is 0.311 e. The molecule has 2 heterocycles. The number of rotatable bonds is 7. The predicted molar refractivity (Wildman–Crippen MR) is 124 cm³/mol. The Balaban J connectivity index is 1.37. The molecule has 0 spiro atoms. The molecule has 2 amide bonds. The number of benzene rings is 2. The minimum absolute atomic E-state index is 0.0587. The van der Waals surface area contributed by atoms with Crippen LogP contribution in [0.25, 0.3) is 6.08 Å². The summed E-state index contributed by atoms with van der Waals surface area (Å²) in [6.45, 7) is 0.437. The van der Waals surface area contributed by atoms with Crippen LogP contribution in [0.15, 0.2) is 41.3 Å². The van der Waals surface area contributed by atoms with Gasteiger partial charge in [0.05, 0.1) is 16.9 Å². The van der Waals surface area contributed by atoms with E-state index in [9.17, 15) is 19.7 Å². The van der Waals surface area contributed by atoms with Crippen LogP contribution in [0.5, 0.6) is 17.2 Å². The molecule has 1 saturated heterocycles. The topological polar surface area (TPSA) is 120 Å². The molecule has 10 nitrogen and oxygen atoms in total. The van der Waals surface area contributed by atoms with Gasteiger partial charge in [-0.2, -0.15) is 0 Å². The van der Waals surface area contributed by atoms with Crippen molar-refractivity contribution in [3.8, 4) is 17.2 Å². The molecule has 170 valence electrons. The van der Waals surface area contributed by atoms with Gasteiger partial charge in [-0.25, -0.2) is 0 Å². The Kier molecular flexibility index (Phi) is 6.47. The average molecular weight is 488 g/mol. The standard InChI is InChI=1S/C21H17N3O7S2/c1-29-15-5-3-13(10-14(15)24(27)28)19(25)22-6-7-23-20(26)18(33-21(23)32)9-12-2-4-16-17(8-12)31-11-30-16/h2-5,8-10H,6-7,11H2,1H3,(H,22,25)/b18-9+.